The minimum absolute atomic E-state index is 0.0688. The van der Waals surface area contributed by atoms with Crippen molar-refractivity contribution in [3.63, 3.8) is 0 Å². The van der Waals surface area contributed by atoms with Gasteiger partial charge in [-0.1, -0.05) is 19.8 Å². The molecule has 3 fully saturated rings. The number of fused-ring (bicyclic) bond motifs is 2. The zero-order chi connectivity index (χ0) is 8.84. The third-order valence-electron chi connectivity index (χ3n) is 3.22. The van der Waals surface area contributed by atoms with Gasteiger partial charge < -0.3 is 14.2 Å². The maximum Gasteiger partial charge on any atom is 0.187 e. The van der Waals surface area contributed by atoms with Crippen LogP contribution >= 0.6 is 0 Å². The highest BCUT2D eigenvalue weighted by Gasteiger charge is 2.57. The summed E-state index contributed by atoms with van der Waals surface area (Å²) in [4.78, 5) is 0. The van der Waals surface area contributed by atoms with Crippen molar-refractivity contribution in [2.75, 3.05) is 0 Å². The lowest BCUT2D eigenvalue weighted by Crippen LogP contribution is -2.11. The molecular formula is C10H16O3. The van der Waals surface area contributed by atoms with E-state index in [2.05, 4.69) is 6.92 Å². The van der Waals surface area contributed by atoms with E-state index in [1.165, 1.54) is 19.3 Å². The molecule has 3 aliphatic rings. The molecule has 3 heterocycles. The van der Waals surface area contributed by atoms with Gasteiger partial charge in [0.2, 0.25) is 0 Å². The van der Waals surface area contributed by atoms with Gasteiger partial charge in [-0.15, -0.1) is 0 Å². The van der Waals surface area contributed by atoms with Gasteiger partial charge in [-0.25, -0.2) is 0 Å². The van der Waals surface area contributed by atoms with E-state index < -0.39 is 0 Å². The van der Waals surface area contributed by atoms with Gasteiger partial charge in [0.05, 0.1) is 0 Å². The molecule has 0 aromatic heterocycles. The second-order valence-electron chi connectivity index (χ2n) is 4.29. The van der Waals surface area contributed by atoms with Crippen molar-refractivity contribution in [3.8, 4) is 0 Å². The normalized spacial score (nSPS) is 51.9. The fraction of sp³-hybridized carbons (Fsp3) is 1.00. The lowest BCUT2D eigenvalue weighted by atomic mass is 9.94. The maximum atomic E-state index is 5.53. The Morgan fingerprint density at radius 2 is 2.08 bits per heavy atom. The van der Waals surface area contributed by atoms with Crippen LogP contribution in [-0.4, -0.2) is 24.8 Å². The highest BCUT2D eigenvalue weighted by molar-refractivity contribution is 4.95. The molecule has 74 valence electrons. The summed E-state index contributed by atoms with van der Waals surface area (Å²) in [5.41, 5.74) is 0. The van der Waals surface area contributed by atoms with E-state index in [4.69, 9.17) is 14.2 Å². The van der Waals surface area contributed by atoms with Gasteiger partial charge in [0.1, 0.15) is 12.2 Å². The molecule has 0 radical (unpaired) electrons. The summed E-state index contributed by atoms with van der Waals surface area (Å²) in [6.07, 6.45) is 5.90. The lowest BCUT2D eigenvalue weighted by Gasteiger charge is -2.10. The van der Waals surface area contributed by atoms with E-state index in [1.54, 1.807) is 0 Å². The van der Waals surface area contributed by atoms with Crippen molar-refractivity contribution in [1.82, 2.24) is 0 Å². The van der Waals surface area contributed by atoms with Gasteiger partial charge in [-0.3, -0.25) is 0 Å². The van der Waals surface area contributed by atoms with Crippen LogP contribution in [0, 0.1) is 5.92 Å². The number of unbranched alkanes of at least 4 members (excludes halogenated alkanes) is 1. The Kier molecular flexibility index (Phi) is 1.86. The third kappa shape index (κ3) is 1.49. The molecule has 0 aromatic carbocycles. The van der Waals surface area contributed by atoms with Crippen molar-refractivity contribution in [2.24, 2.45) is 5.92 Å². The molecule has 13 heavy (non-hydrogen) atoms. The summed E-state index contributed by atoms with van der Waals surface area (Å²) in [5, 5.41) is 0. The van der Waals surface area contributed by atoms with Gasteiger partial charge in [-0.05, 0) is 18.8 Å². The van der Waals surface area contributed by atoms with Crippen LogP contribution in [0.2, 0.25) is 0 Å². The molecule has 3 nitrogen and oxygen atoms in total. The smallest absolute Gasteiger partial charge is 0.187 e. The fourth-order valence-electron chi connectivity index (χ4n) is 2.28. The Morgan fingerprint density at radius 3 is 2.92 bits per heavy atom. The molecule has 0 aliphatic carbocycles. The summed E-state index contributed by atoms with van der Waals surface area (Å²) in [5.74, 6) is 0.683. The van der Waals surface area contributed by atoms with Crippen molar-refractivity contribution < 1.29 is 14.2 Å². The first-order valence-corrected chi connectivity index (χ1v) is 5.35. The second kappa shape index (κ2) is 2.94. The van der Waals surface area contributed by atoms with Crippen LogP contribution in [0.1, 0.15) is 32.6 Å². The first kappa shape index (κ1) is 8.21. The molecule has 0 N–H and O–H groups in total. The number of epoxide rings is 2. The summed E-state index contributed by atoms with van der Waals surface area (Å²) in [6.45, 7) is 2.23. The van der Waals surface area contributed by atoms with Crippen molar-refractivity contribution >= 4 is 0 Å². The minimum Gasteiger partial charge on any atom is -0.341 e. The summed E-state index contributed by atoms with van der Waals surface area (Å²) >= 11 is 0. The van der Waals surface area contributed by atoms with E-state index in [9.17, 15) is 0 Å². The first-order chi connectivity index (χ1) is 6.38. The molecule has 3 saturated heterocycles. The molecule has 0 amide bonds. The largest absolute Gasteiger partial charge is 0.341 e. The average Bonchev–Trinajstić information content (AvgIpc) is 2.94. The second-order valence-corrected chi connectivity index (χ2v) is 4.29. The first-order valence-electron chi connectivity index (χ1n) is 5.35. The van der Waals surface area contributed by atoms with Crippen molar-refractivity contribution in [1.29, 1.82) is 0 Å². The summed E-state index contributed by atoms with van der Waals surface area (Å²) in [7, 11) is 0. The molecule has 0 aromatic rings. The predicted molar refractivity (Wildman–Crippen MR) is 46.0 cm³/mol. The summed E-state index contributed by atoms with van der Waals surface area (Å²) < 4.78 is 16.4. The average molecular weight is 184 g/mol. The highest BCUT2D eigenvalue weighted by atomic mass is 16.9. The molecular weight excluding hydrogens is 168 g/mol. The van der Waals surface area contributed by atoms with Crippen LogP contribution in [0.4, 0.5) is 0 Å². The quantitative estimate of drug-likeness (QED) is 0.625. The number of hydrogen-bond acceptors (Lipinski definition) is 3. The number of rotatable bonds is 3. The SMILES string of the molecule is CCCCC1CC2OC2OC2OC12. The molecule has 3 rings (SSSR count). The van der Waals surface area contributed by atoms with Crippen LogP contribution in [0.3, 0.4) is 0 Å². The molecule has 5 unspecified atom stereocenters. The Morgan fingerprint density at radius 1 is 1.15 bits per heavy atom. The Labute approximate surface area is 78.3 Å². The number of ether oxygens (including phenoxy) is 3. The van der Waals surface area contributed by atoms with Crippen molar-refractivity contribution in [3.05, 3.63) is 0 Å². The van der Waals surface area contributed by atoms with Gasteiger partial charge >= 0.3 is 0 Å². The monoisotopic (exact) mass is 184 g/mol. The Hall–Kier alpha value is -0.120. The molecule has 3 aliphatic heterocycles. The van der Waals surface area contributed by atoms with E-state index in [0.29, 0.717) is 18.1 Å². The zero-order valence-electron chi connectivity index (χ0n) is 7.94. The summed E-state index contributed by atoms with van der Waals surface area (Å²) in [6, 6.07) is 0. The van der Waals surface area contributed by atoms with Gasteiger partial charge in [0, 0.05) is 0 Å². The van der Waals surface area contributed by atoms with E-state index in [-0.39, 0.29) is 12.6 Å². The minimum atomic E-state index is 0.0688. The van der Waals surface area contributed by atoms with Crippen molar-refractivity contribution in [2.45, 2.75) is 57.4 Å². The molecule has 0 bridgehead atoms. The molecule has 0 spiro atoms. The van der Waals surface area contributed by atoms with Crippen LogP contribution in [-0.2, 0) is 14.2 Å². The van der Waals surface area contributed by atoms with Crippen LogP contribution in [0.15, 0.2) is 0 Å². The zero-order valence-corrected chi connectivity index (χ0v) is 7.94. The Balaban J connectivity index is 1.59. The lowest BCUT2D eigenvalue weighted by molar-refractivity contribution is -0.0101. The van der Waals surface area contributed by atoms with Gasteiger partial charge in [0.25, 0.3) is 0 Å². The van der Waals surface area contributed by atoms with E-state index in [1.807, 2.05) is 0 Å². The van der Waals surface area contributed by atoms with Gasteiger partial charge in [-0.2, -0.15) is 0 Å². The predicted octanol–water partition coefficient (Wildman–Crippen LogP) is 1.66. The Bertz CT molecular complexity index is 206. The fourth-order valence-corrected chi connectivity index (χ4v) is 2.28. The van der Waals surface area contributed by atoms with Crippen LogP contribution in [0.25, 0.3) is 0 Å². The molecule has 3 heteroatoms. The third-order valence-corrected chi connectivity index (χ3v) is 3.22. The van der Waals surface area contributed by atoms with Crippen LogP contribution < -0.4 is 0 Å². The van der Waals surface area contributed by atoms with E-state index in [0.717, 1.165) is 6.42 Å². The number of hydrogen-bond donors (Lipinski definition) is 0. The topological polar surface area (TPSA) is 34.3 Å². The van der Waals surface area contributed by atoms with E-state index >= 15 is 0 Å². The maximum absolute atomic E-state index is 5.53. The molecule has 5 atom stereocenters. The van der Waals surface area contributed by atoms with Crippen LogP contribution in [0.5, 0.6) is 0 Å². The van der Waals surface area contributed by atoms with Gasteiger partial charge in [0.15, 0.2) is 12.6 Å². The highest BCUT2D eigenvalue weighted by Crippen LogP contribution is 2.46. The standard InChI is InChI=1S/C10H16O3/c1-2-3-4-6-5-7-9(11-7)13-10-8(6)12-10/h6-10H,2-5H2,1H3. The molecule has 0 saturated carbocycles.